The van der Waals surface area contributed by atoms with Crippen molar-refractivity contribution in [2.45, 2.75) is 76.5 Å². The van der Waals surface area contributed by atoms with E-state index in [1.54, 1.807) is 6.20 Å². The molecule has 0 aliphatic heterocycles. The van der Waals surface area contributed by atoms with Gasteiger partial charge >= 0.3 is 0 Å². The number of anilines is 3. The Morgan fingerprint density at radius 1 is 1.31 bits per heavy atom. The lowest BCUT2D eigenvalue weighted by Gasteiger charge is -2.26. The molecule has 1 saturated carbocycles. The quantitative estimate of drug-likeness (QED) is 0.274. The van der Waals surface area contributed by atoms with Crippen LogP contribution in [0, 0.1) is 5.82 Å². The number of hydrogen-bond acceptors (Lipinski definition) is 7. The van der Waals surface area contributed by atoms with Crippen molar-refractivity contribution in [3.8, 4) is 0 Å². The molecule has 0 bridgehead atoms. The second kappa shape index (κ2) is 11.6. The molecular weight excluding hydrogens is 508 g/mol. The first-order chi connectivity index (χ1) is 17.2. The standard InChI is InChI=1S/C24H30Cl2FN7O2/c1-2-4-15(7-8-20(28)36)34-22-19(12-29-23(33-22)30-14-5-3-6-16(35)11-14)31-24(34)32-21-17(26)9-13(25)10-18(21)27/h9-10,12,14-16,35H,2-8,11H2,1H3,(H2,28,36)(H,31,32)(H,29,30,33)/t14-,15+,16+/m1/s1. The number of nitrogens with one attached hydrogen (secondary N) is 2. The normalized spacial score (nSPS) is 18.8. The van der Waals surface area contributed by atoms with Crippen molar-refractivity contribution in [2.24, 2.45) is 5.73 Å². The van der Waals surface area contributed by atoms with E-state index in [1.807, 2.05) is 11.5 Å². The minimum atomic E-state index is -0.625. The number of hydrogen-bond donors (Lipinski definition) is 4. The van der Waals surface area contributed by atoms with Crippen molar-refractivity contribution >= 4 is 57.9 Å². The Balaban J connectivity index is 1.77. The maximum absolute atomic E-state index is 14.8. The Labute approximate surface area is 218 Å². The monoisotopic (exact) mass is 537 g/mol. The molecule has 0 radical (unpaired) electrons. The summed E-state index contributed by atoms with van der Waals surface area (Å²) in [6.45, 7) is 2.04. The molecule has 1 amide bonds. The van der Waals surface area contributed by atoms with Gasteiger partial charge in [0.15, 0.2) is 5.65 Å². The zero-order valence-electron chi connectivity index (χ0n) is 20.0. The number of aliphatic hydroxyl groups excluding tert-OH is 1. The van der Waals surface area contributed by atoms with Gasteiger partial charge in [0.05, 0.1) is 23.0 Å². The zero-order chi connectivity index (χ0) is 25.8. The lowest BCUT2D eigenvalue weighted by molar-refractivity contribution is -0.118. The molecular formula is C24H30Cl2FN7O2. The summed E-state index contributed by atoms with van der Waals surface area (Å²) in [5, 5.41) is 16.6. The van der Waals surface area contributed by atoms with E-state index in [2.05, 4.69) is 20.6 Å². The number of aliphatic hydroxyl groups is 1. The Hall–Kier alpha value is -2.69. The first kappa shape index (κ1) is 26.4. The number of carbonyl (C=O) groups excluding carboxylic acids is 1. The number of aromatic nitrogens is 4. The summed E-state index contributed by atoms with van der Waals surface area (Å²) in [5.41, 5.74) is 6.50. The molecule has 1 aliphatic carbocycles. The third kappa shape index (κ3) is 6.16. The van der Waals surface area contributed by atoms with E-state index in [1.165, 1.54) is 12.1 Å². The highest BCUT2D eigenvalue weighted by atomic mass is 35.5. The van der Waals surface area contributed by atoms with Crippen LogP contribution in [0.2, 0.25) is 10.0 Å². The van der Waals surface area contributed by atoms with Gasteiger partial charge in [-0.15, -0.1) is 0 Å². The highest BCUT2D eigenvalue weighted by Gasteiger charge is 2.25. The minimum Gasteiger partial charge on any atom is -0.393 e. The van der Waals surface area contributed by atoms with E-state index in [4.69, 9.17) is 33.9 Å². The number of nitrogens with two attached hydrogens (primary N) is 1. The maximum Gasteiger partial charge on any atom is 0.224 e. The molecule has 5 N–H and O–H groups in total. The molecule has 1 aliphatic rings. The van der Waals surface area contributed by atoms with E-state index in [0.29, 0.717) is 42.3 Å². The predicted octanol–water partition coefficient (Wildman–Crippen LogP) is 5.34. The second-order valence-electron chi connectivity index (χ2n) is 9.19. The first-order valence-electron chi connectivity index (χ1n) is 12.1. The smallest absolute Gasteiger partial charge is 0.224 e. The molecule has 0 unspecified atom stereocenters. The van der Waals surface area contributed by atoms with Crippen molar-refractivity contribution in [1.82, 2.24) is 19.5 Å². The molecule has 3 atom stereocenters. The number of amides is 1. The average molecular weight is 538 g/mol. The first-order valence-corrected chi connectivity index (χ1v) is 12.9. The number of nitrogens with zero attached hydrogens (tertiary/aromatic N) is 4. The third-order valence-electron chi connectivity index (χ3n) is 6.37. The van der Waals surface area contributed by atoms with E-state index in [9.17, 15) is 14.3 Å². The molecule has 0 saturated heterocycles. The maximum atomic E-state index is 14.8. The number of imidazole rings is 1. The second-order valence-corrected chi connectivity index (χ2v) is 10.0. The highest BCUT2D eigenvalue weighted by molar-refractivity contribution is 6.36. The average Bonchev–Trinajstić information content (AvgIpc) is 3.16. The van der Waals surface area contributed by atoms with Gasteiger partial charge in [-0.1, -0.05) is 36.5 Å². The van der Waals surface area contributed by atoms with Crippen LogP contribution in [-0.2, 0) is 4.79 Å². The van der Waals surface area contributed by atoms with Gasteiger partial charge < -0.3 is 21.5 Å². The van der Waals surface area contributed by atoms with Crippen LogP contribution in [0.5, 0.6) is 0 Å². The van der Waals surface area contributed by atoms with Crippen LogP contribution in [0.1, 0.15) is 64.3 Å². The van der Waals surface area contributed by atoms with Gasteiger partial charge in [-0.05, 0) is 50.7 Å². The summed E-state index contributed by atoms with van der Waals surface area (Å²) < 4.78 is 16.6. The van der Waals surface area contributed by atoms with Crippen molar-refractivity contribution < 1.29 is 14.3 Å². The number of primary amides is 1. The molecule has 9 nitrogen and oxygen atoms in total. The van der Waals surface area contributed by atoms with Crippen molar-refractivity contribution in [1.29, 1.82) is 0 Å². The summed E-state index contributed by atoms with van der Waals surface area (Å²) in [6.07, 6.45) is 6.69. The molecule has 1 fully saturated rings. The zero-order valence-corrected chi connectivity index (χ0v) is 21.5. The predicted molar refractivity (Wildman–Crippen MR) is 139 cm³/mol. The Kier molecular flexibility index (Phi) is 8.48. The van der Waals surface area contributed by atoms with Crippen LogP contribution in [-0.4, -0.2) is 42.7 Å². The van der Waals surface area contributed by atoms with Crippen LogP contribution in [0.25, 0.3) is 11.2 Å². The number of benzene rings is 1. The molecule has 36 heavy (non-hydrogen) atoms. The fourth-order valence-electron chi connectivity index (χ4n) is 4.69. The largest absolute Gasteiger partial charge is 0.393 e. The molecule has 2 heterocycles. The van der Waals surface area contributed by atoms with Crippen molar-refractivity contribution in [2.75, 3.05) is 10.6 Å². The molecule has 4 rings (SSSR count). The van der Waals surface area contributed by atoms with Gasteiger partial charge in [0.1, 0.15) is 11.3 Å². The van der Waals surface area contributed by atoms with Crippen LogP contribution in [0.4, 0.5) is 22.0 Å². The van der Waals surface area contributed by atoms with Gasteiger partial charge in [-0.2, -0.15) is 4.98 Å². The Bertz CT molecular complexity index is 1220. The highest BCUT2D eigenvalue weighted by Crippen LogP contribution is 2.35. The SMILES string of the molecule is CCC[C@@H](CCC(N)=O)n1c(Nc2c(F)cc(Cl)cc2Cl)nc2cnc(N[C@@H]3CCC[C@H](O)C3)nc21. The van der Waals surface area contributed by atoms with Crippen LogP contribution in [0.3, 0.4) is 0 Å². The number of rotatable bonds is 10. The van der Waals surface area contributed by atoms with E-state index >= 15 is 0 Å². The summed E-state index contributed by atoms with van der Waals surface area (Å²) in [6, 6.07) is 2.48. The van der Waals surface area contributed by atoms with Crippen LogP contribution < -0.4 is 16.4 Å². The summed E-state index contributed by atoms with van der Waals surface area (Å²) in [5.74, 6) is -0.306. The minimum absolute atomic E-state index is 0.0327. The van der Waals surface area contributed by atoms with E-state index < -0.39 is 11.7 Å². The molecule has 2 aromatic heterocycles. The fraction of sp³-hybridized carbons (Fsp3) is 0.500. The van der Waals surface area contributed by atoms with Crippen LogP contribution >= 0.6 is 23.2 Å². The molecule has 1 aromatic carbocycles. The Morgan fingerprint density at radius 2 is 2.11 bits per heavy atom. The van der Waals surface area contributed by atoms with Crippen LogP contribution in [0.15, 0.2) is 18.3 Å². The van der Waals surface area contributed by atoms with Gasteiger partial charge in [-0.3, -0.25) is 9.36 Å². The van der Waals surface area contributed by atoms with Crippen molar-refractivity contribution in [3.05, 3.63) is 34.2 Å². The molecule has 0 spiro atoms. The third-order valence-corrected chi connectivity index (χ3v) is 6.88. The summed E-state index contributed by atoms with van der Waals surface area (Å²) in [4.78, 5) is 25.4. The number of fused-ring (bicyclic) bond motifs is 1. The molecule has 194 valence electrons. The number of halogens is 3. The van der Waals surface area contributed by atoms with E-state index in [-0.39, 0.29) is 40.3 Å². The Morgan fingerprint density at radius 3 is 2.81 bits per heavy atom. The van der Waals surface area contributed by atoms with Crippen molar-refractivity contribution in [3.63, 3.8) is 0 Å². The summed E-state index contributed by atoms with van der Waals surface area (Å²) >= 11 is 12.2. The van der Waals surface area contributed by atoms with E-state index in [0.717, 1.165) is 25.7 Å². The molecule has 12 heteroatoms. The van der Waals surface area contributed by atoms with Gasteiger partial charge in [-0.25, -0.2) is 14.4 Å². The van der Waals surface area contributed by atoms with Gasteiger partial charge in [0, 0.05) is 23.5 Å². The topological polar surface area (TPSA) is 131 Å². The van der Waals surface area contributed by atoms with Gasteiger partial charge in [0.25, 0.3) is 0 Å². The van der Waals surface area contributed by atoms with Gasteiger partial charge in [0.2, 0.25) is 17.8 Å². The molecule has 3 aromatic rings. The fourth-order valence-corrected chi connectivity index (χ4v) is 5.21. The summed E-state index contributed by atoms with van der Waals surface area (Å²) in [7, 11) is 0. The lowest BCUT2D eigenvalue weighted by Crippen LogP contribution is -2.30. The number of carbonyl (C=O) groups is 1. The lowest BCUT2D eigenvalue weighted by atomic mass is 9.93.